The van der Waals surface area contributed by atoms with Crippen molar-refractivity contribution in [1.29, 1.82) is 0 Å². The van der Waals surface area contributed by atoms with Gasteiger partial charge in [0.1, 0.15) is 0 Å². The van der Waals surface area contributed by atoms with Gasteiger partial charge in [-0.05, 0) is 37.0 Å². The average molecular weight is 390 g/mol. The van der Waals surface area contributed by atoms with Crippen LogP contribution in [-0.4, -0.2) is 33.1 Å². The third kappa shape index (κ3) is 7.57. The zero-order valence-corrected chi connectivity index (χ0v) is 15.1. The fourth-order valence-electron chi connectivity index (χ4n) is 1.76. The van der Waals surface area contributed by atoms with Crippen LogP contribution in [0.15, 0.2) is 29.3 Å². The number of halogens is 1. The van der Waals surface area contributed by atoms with Crippen molar-refractivity contribution in [2.24, 2.45) is 10.7 Å². The molecule has 0 aliphatic rings. The highest BCUT2D eigenvalue weighted by molar-refractivity contribution is 14.0. The number of anilines is 1. The van der Waals surface area contributed by atoms with E-state index in [1.54, 1.807) is 0 Å². The summed E-state index contributed by atoms with van der Waals surface area (Å²) in [4.78, 5) is 6.30. The minimum Gasteiger partial charge on any atom is -0.378 e. The molecule has 114 valence electrons. The summed E-state index contributed by atoms with van der Waals surface area (Å²) in [5.74, 6) is 0.560. The molecule has 0 fully saturated rings. The van der Waals surface area contributed by atoms with Crippen molar-refractivity contribution in [1.82, 2.24) is 5.32 Å². The highest BCUT2D eigenvalue weighted by Crippen LogP contribution is 2.13. The quantitative estimate of drug-likeness (QED) is 0.326. The Morgan fingerprint density at radius 2 is 1.90 bits per heavy atom. The largest absolute Gasteiger partial charge is 0.378 e. The monoisotopic (exact) mass is 390 g/mol. The Hall–Kier alpha value is -0.980. The molecule has 5 heteroatoms. The molecule has 1 aromatic carbocycles. The first-order valence-electron chi connectivity index (χ1n) is 6.93. The standard InChI is InChI=1S/C15H26N4.HI/c1-4-11-17-15(16)18-12-5-6-13-7-9-14(10-8-13)19(2)3;/h7-10H,4-6,11-12H2,1-3H3,(H3,16,17,18);1H. The van der Waals surface area contributed by atoms with E-state index in [4.69, 9.17) is 5.73 Å². The number of aliphatic imine (C=N–C) groups is 1. The molecule has 0 unspecified atom stereocenters. The van der Waals surface area contributed by atoms with E-state index in [1.807, 2.05) is 0 Å². The molecule has 0 saturated carbocycles. The number of benzene rings is 1. The molecule has 0 heterocycles. The van der Waals surface area contributed by atoms with Gasteiger partial charge >= 0.3 is 0 Å². The molecule has 0 amide bonds. The fraction of sp³-hybridized carbons (Fsp3) is 0.533. The molecule has 0 atom stereocenters. The number of nitrogens with two attached hydrogens (primary N) is 1. The fourth-order valence-corrected chi connectivity index (χ4v) is 1.76. The third-order valence-corrected chi connectivity index (χ3v) is 2.91. The van der Waals surface area contributed by atoms with Gasteiger partial charge in [-0.2, -0.15) is 0 Å². The summed E-state index contributed by atoms with van der Waals surface area (Å²) in [5.41, 5.74) is 8.32. The van der Waals surface area contributed by atoms with Crippen molar-refractivity contribution in [3.8, 4) is 0 Å². The highest BCUT2D eigenvalue weighted by atomic mass is 127. The smallest absolute Gasteiger partial charge is 0.188 e. The Morgan fingerprint density at radius 1 is 1.25 bits per heavy atom. The van der Waals surface area contributed by atoms with Crippen LogP contribution in [0.1, 0.15) is 25.3 Å². The van der Waals surface area contributed by atoms with Crippen LogP contribution >= 0.6 is 24.0 Å². The summed E-state index contributed by atoms with van der Waals surface area (Å²) in [6.45, 7) is 3.76. The van der Waals surface area contributed by atoms with Crippen LogP contribution in [0.5, 0.6) is 0 Å². The van der Waals surface area contributed by atoms with E-state index in [-0.39, 0.29) is 24.0 Å². The van der Waals surface area contributed by atoms with Crippen molar-refractivity contribution in [3.05, 3.63) is 29.8 Å². The first-order valence-corrected chi connectivity index (χ1v) is 6.93. The van der Waals surface area contributed by atoms with Gasteiger partial charge in [-0.15, -0.1) is 24.0 Å². The summed E-state index contributed by atoms with van der Waals surface area (Å²) < 4.78 is 0. The van der Waals surface area contributed by atoms with Crippen LogP contribution in [-0.2, 0) is 6.42 Å². The Labute approximate surface area is 139 Å². The van der Waals surface area contributed by atoms with Gasteiger partial charge in [-0.3, -0.25) is 4.99 Å². The van der Waals surface area contributed by atoms with Gasteiger partial charge in [0, 0.05) is 32.9 Å². The second-order valence-electron chi connectivity index (χ2n) is 4.86. The van der Waals surface area contributed by atoms with Crippen molar-refractivity contribution in [2.45, 2.75) is 26.2 Å². The minimum absolute atomic E-state index is 0. The van der Waals surface area contributed by atoms with Crippen LogP contribution in [0.2, 0.25) is 0 Å². The van der Waals surface area contributed by atoms with Crippen molar-refractivity contribution < 1.29 is 0 Å². The summed E-state index contributed by atoms with van der Waals surface area (Å²) in [6.07, 6.45) is 3.14. The number of nitrogens with zero attached hydrogens (tertiary/aromatic N) is 2. The van der Waals surface area contributed by atoms with Gasteiger partial charge in [0.25, 0.3) is 0 Å². The van der Waals surface area contributed by atoms with Crippen LogP contribution in [0.4, 0.5) is 5.69 Å². The van der Waals surface area contributed by atoms with Gasteiger partial charge in [0.2, 0.25) is 0 Å². The molecule has 3 N–H and O–H groups in total. The Kier molecular flexibility index (Phi) is 10.2. The van der Waals surface area contributed by atoms with Gasteiger partial charge in [0.05, 0.1) is 0 Å². The van der Waals surface area contributed by atoms with Gasteiger partial charge in [-0.1, -0.05) is 19.1 Å². The summed E-state index contributed by atoms with van der Waals surface area (Å²) in [5, 5.41) is 3.14. The number of hydrogen-bond donors (Lipinski definition) is 2. The van der Waals surface area contributed by atoms with Crippen LogP contribution in [0.3, 0.4) is 0 Å². The molecular formula is C15H27IN4. The molecule has 0 saturated heterocycles. The molecule has 0 radical (unpaired) electrons. The number of rotatable bonds is 7. The molecule has 0 spiro atoms. The molecule has 0 aromatic heterocycles. The van der Waals surface area contributed by atoms with E-state index in [2.05, 4.69) is 60.5 Å². The lowest BCUT2D eigenvalue weighted by molar-refractivity contribution is 0.764. The third-order valence-electron chi connectivity index (χ3n) is 2.91. The highest BCUT2D eigenvalue weighted by Gasteiger charge is 1.97. The zero-order chi connectivity index (χ0) is 14.1. The van der Waals surface area contributed by atoms with E-state index >= 15 is 0 Å². The van der Waals surface area contributed by atoms with Crippen LogP contribution in [0.25, 0.3) is 0 Å². The SMILES string of the molecule is CCCN=C(N)NCCCc1ccc(N(C)C)cc1.I. The molecule has 0 bridgehead atoms. The number of nitrogens with one attached hydrogen (secondary N) is 1. The lowest BCUT2D eigenvalue weighted by atomic mass is 10.1. The topological polar surface area (TPSA) is 53.6 Å². The molecule has 1 rings (SSSR count). The van der Waals surface area contributed by atoms with Crippen LogP contribution < -0.4 is 16.0 Å². The lowest BCUT2D eigenvalue weighted by Crippen LogP contribution is -2.32. The molecule has 0 aliphatic carbocycles. The molecule has 0 aliphatic heterocycles. The molecular weight excluding hydrogens is 363 g/mol. The first kappa shape index (κ1) is 19.0. The average Bonchev–Trinajstić information content (AvgIpc) is 2.41. The van der Waals surface area contributed by atoms with E-state index in [9.17, 15) is 0 Å². The summed E-state index contributed by atoms with van der Waals surface area (Å²) in [7, 11) is 4.11. The first-order chi connectivity index (χ1) is 9.13. The van der Waals surface area contributed by atoms with E-state index in [1.165, 1.54) is 11.3 Å². The number of aryl methyl sites for hydroxylation is 1. The minimum atomic E-state index is 0. The lowest BCUT2D eigenvalue weighted by Gasteiger charge is -2.12. The Morgan fingerprint density at radius 3 is 2.45 bits per heavy atom. The second kappa shape index (κ2) is 10.8. The summed E-state index contributed by atoms with van der Waals surface area (Å²) in [6, 6.07) is 8.67. The van der Waals surface area contributed by atoms with Crippen molar-refractivity contribution in [2.75, 3.05) is 32.1 Å². The second-order valence-corrected chi connectivity index (χ2v) is 4.86. The normalized spacial score (nSPS) is 10.8. The zero-order valence-electron chi connectivity index (χ0n) is 12.7. The maximum absolute atomic E-state index is 5.73. The predicted octanol–water partition coefficient (Wildman–Crippen LogP) is 2.62. The van der Waals surface area contributed by atoms with Crippen molar-refractivity contribution >= 4 is 35.6 Å². The van der Waals surface area contributed by atoms with E-state index in [0.29, 0.717) is 5.96 Å². The van der Waals surface area contributed by atoms with Crippen LogP contribution in [0, 0.1) is 0 Å². The number of guanidine groups is 1. The number of hydrogen-bond acceptors (Lipinski definition) is 2. The van der Waals surface area contributed by atoms with E-state index in [0.717, 1.165) is 32.4 Å². The molecule has 20 heavy (non-hydrogen) atoms. The Bertz CT molecular complexity index is 387. The Balaban J connectivity index is 0.00000361. The van der Waals surface area contributed by atoms with Crippen molar-refractivity contribution in [3.63, 3.8) is 0 Å². The molecule has 4 nitrogen and oxygen atoms in total. The maximum atomic E-state index is 5.73. The van der Waals surface area contributed by atoms with Gasteiger partial charge in [0.15, 0.2) is 5.96 Å². The van der Waals surface area contributed by atoms with Gasteiger partial charge in [-0.25, -0.2) is 0 Å². The summed E-state index contributed by atoms with van der Waals surface area (Å²) >= 11 is 0. The predicted molar refractivity (Wildman–Crippen MR) is 99.3 cm³/mol. The van der Waals surface area contributed by atoms with Gasteiger partial charge < -0.3 is 16.0 Å². The van der Waals surface area contributed by atoms with E-state index < -0.39 is 0 Å². The molecule has 1 aromatic rings. The maximum Gasteiger partial charge on any atom is 0.188 e.